The summed E-state index contributed by atoms with van der Waals surface area (Å²) in [5.41, 5.74) is 0.635. The molecule has 0 radical (unpaired) electrons. The van der Waals surface area contributed by atoms with Crippen molar-refractivity contribution in [3.63, 3.8) is 0 Å². The number of hydrogen-bond donors (Lipinski definition) is 0. The van der Waals surface area contributed by atoms with Crippen LogP contribution in [0.2, 0.25) is 0 Å². The summed E-state index contributed by atoms with van der Waals surface area (Å²) < 4.78 is 0. The van der Waals surface area contributed by atoms with Crippen LogP contribution in [0.4, 0.5) is 0 Å². The van der Waals surface area contributed by atoms with Crippen LogP contribution in [-0.2, 0) is 0 Å². The zero-order valence-corrected chi connectivity index (χ0v) is 9.90. The van der Waals surface area contributed by atoms with Crippen molar-refractivity contribution < 1.29 is 0 Å². The van der Waals surface area contributed by atoms with Crippen LogP contribution in [0.5, 0.6) is 0 Å². The smallest absolute Gasteiger partial charge is 0.0349 e. The average Bonchev–Trinajstić information content (AvgIpc) is 2.25. The van der Waals surface area contributed by atoms with E-state index in [9.17, 15) is 0 Å². The van der Waals surface area contributed by atoms with Gasteiger partial charge in [-0.1, -0.05) is 53.4 Å². The molecule has 1 saturated carbocycles. The minimum absolute atomic E-state index is 0.635. The quantitative estimate of drug-likeness (QED) is 0.556. The van der Waals surface area contributed by atoms with Crippen LogP contribution in [0.15, 0.2) is 0 Å². The second-order valence-corrected chi connectivity index (χ2v) is 5.81. The van der Waals surface area contributed by atoms with Gasteiger partial charge in [-0.15, -0.1) is 0 Å². The van der Waals surface area contributed by atoms with Gasteiger partial charge in [-0.2, -0.15) is 0 Å². The van der Waals surface area contributed by atoms with Gasteiger partial charge in [0.1, 0.15) is 0 Å². The second-order valence-electron chi connectivity index (χ2n) is 5.81. The van der Waals surface area contributed by atoms with Crippen molar-refractivity contribution in [2.75, 3.05) is 0 Å². The maximum atomic E-state index is 2.45. The van der Waals surface area contributed by atoms with Gasteiger partial charge >= 0.3 is 0 Å². The highest BCUT2D eigenvalue weighted by molar-refractivity contribution is 4.86. The largest absolute Gasteiger partial charge is 0.0654 e. The molecule has 78 valence electrons. The monoisotopic (exact) mass is 182 g/mol. The predicted octanol–water partition coefficient (Wildman–Crippen LogP) is 4.64. The summed E-state index contributed by atoms with van der Waals surface area (Å²) in [4.78, 5) is 0. The van der Waals surface area contributed by atoms with Gasteiger partial charge in [-0.25, -0.2) is 0 Å². The van der Waals surface area contributed by atoms with Crippen molar-refractivity contribution in [1.82, 2.24) is 0 Å². The Hall–Kier alpha value is 0. The van der Waals surface area contributed by atoms with E-state index in [1.807, 2.05) is 0 Å². The Bertz CT molecular complexity index is 146. The molecule has 13 heavy (non-hydrogen) atoms. The minimum Gasteiger partial charge on any atom is -0.0654 e. The Morgan fingerprint density at radius 3 is 2.31 bits per heavy atom. The average molecular weight is 182 g/mol. The maximum absolute atomic E-state index is 2.45. The zero-order valence-electron chi connectivity index (χ0n) is 9.90. The summed E-state index contributed by atoms with van der Waals surface area (Å²) in [6.45, 7) is 9.61. The lowest BCUT2D eigenvalue weighted by molar-refractivity contribution is 0.349. The van der Waals surface area contributed by atoms with Crippen LogP contribution >= 0.6 is 0 Å². The molecule has 1 rings (SSSR count). The molecular weight excluding hydrogens is 156 g/mol. The van der Waals surface area contributed by atoms with E-state index in [2.05, 4.69) is 27.7 Å². The van der Waals surface area contributed by atoms with E-state index in [0.717, 1.165) is 11.8 Å². The highest BCUT2D eigenvalue weighted by Crippen LogP contribution is 2.46. The van der Waals surface area contributed by atoms with Gasteiger partial charge < -0.3 is 0 Å². The van der Waals surface area contributed by atoms with Crippen LogP contribution in [0.25, 0.3) is 0 Å². The molecule has 0 nitrogen and oxygen atoms in total. The van der Waals surface area contributed by atoms with Gasteiger partial charge in [0.25, 0.3) is 0 Å². The van der Waals surface area contributed by atoms with Crippen LogP contribution in [0, 0.1) is 17.3 Å². The first kappa shape index (κ1) is 11.1. The van der Waals surface area contributed by atoms with Crippen molar-refractivity contribution in [3.8, 4) is 0 Å². The highest BCUT2D eigenvalue weighted by Gasteiger charge is 2.35. The third kappa shape index (κ3) is 3.32. The summed E-state index contributed by atoms with van der Waals surface area (Å²) in [6, 6.07) is 0. The predicted molar refractivity (Wildman–Crippen MR) is 59.8 cm³/mol. The fourth-order valence-electron chi connectivity index (χ4n) is 3.08. The van der Waals surface area contributed by atoms with E-state index in [-0.39, 0.29) is 0 Å². The van der Waals surface area contributed by atoms with E-state index >= 15 is 0 Å². The van der Waals surface area contributed by atoms with Crippen LogP contribution in [0.3, 0.4) is 0 Å². The molecule has 0 N–H and O–H groups in total. The molecule has 0 aromatic carbocycles. The third-order valence-corrected chi connectivity index (χ3v) is 3.67. The number of unbranched alkanes of at least 4 members (excludes halogenated alkanes) is 2. The van der Waals surface area contributed by atoms with Gasteiger partial charge in [-0.05, 0) is 30.1 Å². The fourth-order valence-corrected chi connectivity index (χ4v) is 3.08. The summed E-state index contributed by atoms with van der Waals surface area (Å²) in [6.07, 6.45) is 8.66. The number of hydrogen-bond acceptors (Lipinski definition) is 0. The molecule has 0 aliphatic heterocycles. The fraction of sp³-hybridized carbons (Fsp3) is 1.00. The molecule has 0 spiro atoms. The Morgan fingerprint density at radius 1 is 1.15 bits per heavy atom. The molecule has 0 bridgehead atoms. The lowest BCUT2D eigenvalue weighted by atomic mass is 9.89. The normalized spacial score (nSPS) is 32.3. The van der Waals surface area contributed by atoms with Gasteiger partial charge in [0, 0.05) is 0 Å². The third-order valence-electron chi connectivity index (χ3n) is 3.67. The van der Waals surface area contributed by atoms with E-state index in [4.69, 9.17) is 0 Å². The molecule has 1 aliphatic carbocycles. The van der Waals surface area contributed by atoms with Gasteiger partial charge in [0.15, 0.2) is 0 Å². The summed E-state index contributed by atoms with van der Waals surface area (Å²) in [7, 11) is 0. The molecule has 0 aromatic heterocycles. The molecule has 0 aromatic rings. The van der Waals surface area contributed by atoms with E-state index in [1.165, 1.54) is 38.5 Å². The molecule has 0 heteroatoms. The SMILES string of the molecule is CCCCCC1CC(C)(C)CC1C. The molecule has 0 saturated heterocycles. The van der Waals surface area contributed by atoms with Crippen molar-refractivity contribution >= 4 is 0 Å². The lowest BCUT2D eigenvalue weighted by Crippen LogP contribution is -2.05. The molecule has 1 fully saturated rings. The van der Waals surface area contributed by atoms with Crippen LogP contribution in [-0.4, -0.2) is 0 Å². The first-order valence-electron chi connectivity index (χ1n) is 6.05. The number of rotatable bonds is 4. The molecular formula is C13H26. The highest BCUT2D eigenvalue weighted by atomic mass is 14.4. The van der Waals surface area contributed by atoms with E-state index in [0.29, 0.717) is 5.41 Å². The summed E-state index contributed by atoms with van der Waals surface area (Å²) >= 11 is 0. The van der Waals surface area contributed by atoms with Crippen molar-refractivity contribution in [3.05, 3.63) is 0 Å². The Balaban J connectivity index is 2.27. The molecule has 0 amide bonds. The van der Waals surface area contributed by atoms with Crippen molar-refractivity contribution in [1.29, 1.82) is 0 Å². The van der Waals surface area contributed by atoms with Gasteiger partial charge in [-0.3, -0.25) is 0 Å². The Kier molecular flexibility index (Phi) is 3.82. The molecule has 2 atom stereocenters. The molecule has 0 heterocycles. The van der Waals surface area contributed by atoms with E-state index < -0.39 is 0 Å². The summed E-state index contributed by atoms with van der Waals surface area (Å²) in [5.74, 6) is 2.01. The van der Waals surface area contributed by atoms with Gasteiger partial charge in [0.2, 0.25) is 0 Å². The Morgan fingerprint density at radius 2 is 1.85 bits per heavy atom. The second kappa shape index (κ2) is 4.48. The standard InChI is InChI=1S/C13H26/c1-5-6-7-8-12-10-13(3,4)9-11(12)2/h11-12H,5-10H2,1-4H3. The first-order valence-corrected chi connectivity index (χ1v) is 6.05. The maximum Gasteiger partial charge on any atom is -0.0349 e. The molecule has 1 aliphatic rings. The minimum atomic E-state index is 0.635. The van der Waals surface area contributed by atoms with Crippen molar-refractivity contribution in [2.24, 2.45) is 17.3 Å². The van der Waals surface area contributed by atoms with Gasteiger partial charge in [0.05, 0.1) is 0 Å². The lowest BCUT2D eigenvalue weighted by Gasteiger charge is -2.16. The Labute approximate surface area is 84.1 Å². The zero-order chi connectivity index (χ0) is 9.90. The van der Waals surface area contributed by atoms with E-state index in [1.54, 1.807) is 0 Å². The first-order chi connectivity index (χ1) is 6.05. The van der Waals surface area contributed by atoms with Crippen molar-refractivity contribution in [2.45, 2.75) is 66.2 Å². The van der Waals surface area contributed by atoms with Crippen LogP contribution in [0.1, 0.15) is 66.2 Å². The summed E-state index contributed by atoms with van der Waals surface area (Å²) in [5, 5.41) is 0. The van der Waals surface area contributed by atoms with Crippen LogP contribution < -0.4 is 0 Å². The topological polar surface area (TPSA) is 0 Å². The molecule has 2 unspecified atom stereocenters.